The number of carbonyl (C=O) groups is 5. The number of nitrogens with zero attached hydrogens (tertiary/aromatic N) is 1. The molecule has 3 aromatic rings. The zero-order valence-corrected chi connectivity index (χ0v) is 27.8. The van der Waals surface area contributed by atoms with E-state index in [0.717, 1.165) is 23.3 Å². The fraction of sp³-hybridized carbons (Fsp3) is 0.323. The molecular weight excluding hydrogens is 686 g/mol. The Morgan fingerprint density at radius 3 is 2.20 bits per heavy atom. The SMILES string of the molecule is CCOC(=O)c1c(NC(=O)COC(=O)[C@@H](Cc2ccccc2)N2C(=O)c3c(Cl)c(Cl)c(Cl)c(Cl)c3C2=O)sc2c1CC[C@H](C)C2. The lowest BCUT2D eigenvalue weighted by Gasteiger charge is -2.24. The summed E-state index contributed by atoms with van der Waals surface area (Å²) in [6.07, 6.45) is 2.21. The van der Waals surface area contributed by atoms with Crippen molar-refractivity contribution in [1.29, 1.82) is 0 Å². The molecule has 1 aromatic heterocycles. The number of rotatable bonds is 9. The Morgan fingerprint density at radius 2 is 1.60 bits per heavy atom. The summed E-state index contributed by atoms with van der Waals surface area (Å²) in [5.41, 5.74) is 1.20. The number of imide groups is 1. The minimum atomic E-state index is -1.50. The molecule has 3 amide bonds. The molecule has 0 spiro atoms. The second-order valence-corrected chi connectivity index (χ2v) is 13.2. The van der Waals surface area contributed by atoms with E-state index in [0.29, 0.717) is 33.4 Å². The first kappa shape index (κ1) is 33.2. The molecule has 2 aromatic carbocycles. The Kier molecular flexibility index (Phi) is 10.1. The molecule has 9 nitrogen and oxygen atoms in total. The zero-order chi connectivity index (χ0) is 32.6. The van der Waals surface area contributed by atoms with Gasteiger partial charge in [-0.25, -0.2) is 9.59 Å². The number of hydrogen-bond acceptors (Lipinski definition) is 8. The van der Waals surface area contributed by atoms with E-state index in [1.807, 2.05) is 0 Å². The molecule has 45 heavy (non-hydrogen) atoms. The predicted octanol–water partition coefficient (Wildman–Crippen LogP) is 7.05. The van der Waals surface area contributed by atoms with Gasteiger partial charge in [-0.05, 0) is 43.2 Å². The van der Waals surface area contributed by atoms with Crippen molar-refractivity contribution in [2.75, 3.05) is 18.5 Å². The quantitative estimate of drug-likeness (QED) is 0.109. The highest BCUT2D eigenvalue weighted by Crippen LogP contribution is 2.45. The van der Waals surface area contributed by atoms with Gasteiger partial charge in [0.15, 0.2) is 6.61 Å². The summed E-state index contributed by atoms with van der Waals surface area (Å²) in [5.74, 6) is -3.69. The summed E-state index contributed by atoms with van der Waals surface area (Å²) in [4.78, 5) is 68.2. The van der Waals surface area contributed by atoms with Crippen molar-refractivity contribution in [3.05, 3.63) is 83.1 Å². The normalized spacial score (nSPS) is 16.2. The van der Waals surface area contributed by atoms with Crippen molar-refractivity contribution in [2.24, 2.45) is 5.92 Å². The second-order valence-electron chi connectivity index (χ2n) is 10.6. The van der Waals surface area contributed by atoms with Crippen LogP contribution in [-0.2, 0) is 38.3 Å². The van der Waals surface area contributed by atoms with Gasteiger partial charge in [0.1, 0.15) is 11.0 Å². The number of nitrogens with one attached hydrogen (secondary N) is 1. The molecule has 0 fully saturated rings. The van der Waals surface area contributed by atoms with Gasteiger partial charge in [0, 0.05) is 11.3 Å². The first-order valence-electron chi connectivity index (χ1n) is 14.0. The number of fused-ring (bicyclic) bond motifs is 2. The van der Waals surface area contributed by atoms with E-state index in [9.17, 15) is 24.0 Å². The molecule has 1 aliphatic heterocycles. The van der Waals surface area contributed by atoms with Gasteiger partial charge in [0.25, 0.3) is 17.7 Å². The maximum absolute atomic E-state index is 13.6. The second kappa shape index (κ2) is 13.7. The topological polar surface area (TPSA) is 119 Å². The van der Waals surface area contributed by atoms with Crippen molar-refractivity contribution >= 4 is 92.4 Å². The van der Waals surface area contributed by atoms with E-state index in [2.05, 4.69) is 12.2 Å². The van der Waals surface area contributed by atoms with Gasteiger partial charge in [-0.2, -0.15) is 0 Å². The van der Waals surface area contributed by atoms with Crippen LogP contribution in [0.25, 0.3) is 0 Å². The molecule has 2 atom stereocenters. The highest BCUT2D eigenvalue weighted by Gasteiger charge is 2.47. The van der Waals surface area contributed by atoms with E-state index >= 15 is 0 Å². The van der Waals surface area contributed by atoms with Gasteiger partial charge in [-0.3, -0.25) is 19.3 Å². The lowest BCUT2D eigenvalue weighted by atomic mass is 9.88. The lowest BCUT2D eigenvalue weighted by Crippen LogP contribution is -2.47. The molecule has 2 heterocycles. The number of carbonyl (C=O) groups excluding carboxylic acids is 5. The number of thiophene rings is 1. The zero-order valence-electron chi connectivity index (χ0n) is 24.0. The summed E-state index contributed by atoms with van der Waals surface area (Å²) >= 11 is 26.2. The molecule has 1 aliphatic carbocycles. The summed E-state index contributed by atoms with van der Waals surface area (Å²) in [5, 5.41) is 2.01. The van der Waals surface area contributed by atoms with Crippen LogP contribution >= 0.6 is 57.7 Å². The molecule has 14 heteroatoms. The largest absolute Gasteiger partial charge is 0.462 e. The van der Waals surface area contributed by atoms with Crippen LogP contribution in [0.2, 0.25) is 20.1 Å². The van der Waals surface area contributed by atoms with E-state index < -0.39 is 42.3 Å². The van der Waals surface area contributed by atoms with Crippen LogP contribution < -0.4 is 5.32 Å². The number of esters is 2. The molecule has 1 N–H and O–H groups in total. The molecule has 0 unspecified atom stereocenters. The summed E-state index contributed by atoms with van der Waals surface area (Å²) in [7, 11) is 0. The highest BCUT2D eigenvalue weighted by atomic mass is 35.5. The van der Waals surface area contributed by atoms with E-state index in [1.165, 1.54) is 11.3 Å². The van der Waals surface area contributed by atoms with Crippen molar-refractivity contribution in [2.45, 2.75) is 45.6 Å². The first-order valence-corrected chi connectivity index (χ1v) is 16.3. The van der Waals surface area contributed by atoms with Crippen molar-refractivity contribution in [1.82, 2.24) is 4.90 Å². The fourth-order valence-electron chi connectivity index (χ4n) is 5.42. The highest BCUT2D eigenvalue weighted by molar-refractivity contribution is 7.17. The Labute approximate surface area is 282 Å². The van der Waals surface area contributed by atoms with Crippen LogP contribution in [0, 0.1) is 5.92 Å². The van der Waals surface area contributed by atoms with Crippen molar-refractivity contribution in [3.8, 4) is 0 Å². The molecular formula is C31H26Cl4N2O7S. The molecule has 2 aliphatic rings. The monoisotopic (exact) mass is 710 g/mol. The standard InChI is InChI=1S/C31H26Cl4N2O7S/c1-3-43-31(42)20-16-10-9-14(2)11-18(16)45-27(20)36-19(38)13-44-30(41)17(12-15-7-5-4-6-8-15)37-28(39)21-22(29(37)40)24(33)26(35)25(34)23(21)32/h4-8,14,17H,3,9-13H2,1-2H3,(H,36,38)/t14-,17+/m0/s1. The van der Waals surface area contributed by atoms with Gasteiger partial charge in [0.2, 0.25) is 0 Å². The van der Waals surface area contributed by atoms with Crippen molar-refractivity contribution < 1.29 is 33.4 Å². The molecule has 236 valence electrons. The van der Waals surface area contributed by atoms with E-state index in [-0.39, 0.29) is 44.2 Å². The number of anilines is 1. The number of hydrogen-bond donors (Lipinski definition) is 1. The fourth-order valence-corrected chi connectivity index (χ4v) is 7.85. The number of ether oxygens (including phenoxy) is 2. The molecule has 5 rings (SSSR count). The smallest absolute Gasteiger partial charge is 0.341 e. The van der Waals surface area contributed by atoms with Gasteiger partial charge < -0.3 is 14.8 Å². The van der Waals surface area contributed by atoms with Crippen LogP contribution in [-0.4, -0.2) is 53.8 Å². The summed E-state index contributed by atoms with van der Waals surface area (Å²) in [6, 6.07) is 7.13. The third-order valence-corrected chi connectivity index (χ3v) is 10.5. The molecule has 0 saturated carbocycles. The van der Waals surface area contributed by atoms with E-state index in [1.54, 1.807) is 37.3 Å². The third kappa shape index (κ3) is 6.44. The minimum absolute atomic E-state index is 0.133. The minimum Gasteiger partial charge on any atom is -0.462 e. The average molecular weight is 712 g/mol. The number of benzene rings is 2. The number of amides is 3. The van der Waals surface area contributed by atoms with Gasteiger partial charge >= 0.3 is 11.9 Å². The maximum atomic E-state index is 13.6. The Bertz CT molecular complexity index is 1680. The lowest BCUT2D eigenvalue weighted by molar-refractivity contribution is -0.151. The molecule has 0 saturated heterocycles. The first-order chi connectivity index (χ1) is 21.4. The van der Waals surface area contributed by atoms with Gasteiger partial charge in [-0.15, -0.1) is 11.3 Å². The maximum Gasteiger partial charge on any atom is 0.341 e. The van der Waals surface area contributed by atoms with Crippen LogP contribution in [0.15, 0.2) is 30.3 Å². The molecule has 0 radical (unpaired) electrons. The third-order valence-electron chi connectivity index (χ3n) is 7.58. The number of halogens is 4. The predicted molar refractivity (Wildman–Crippen MR) is 172 cm³/mol. The van der Waals surface area contributed by atoms with Crippen LogP contribution in [0.5, 0.6) is 0 Å². The van der Waals surface area contributed by atoms with Gasteiger partial charge in [0.05, 0.1) is 43.4 Å². The van der Waals surface area contributed by atoms with Crippen molar-refractivity contribution in [3.63, 3.8) is 0 Å². The van der Waals surface area contributed by atoms with Crippen LogP contribution in [0.1, 0.15) is 67.3 Å². The van der Waals surface area contributed by atoms with Crippen LogP contribution in [0.3, 0.4) is 0 Å². The Morgan fingerprint density at radius 1 is 0.978 bits per heavy atom. The average Bonchev–Trinajstić information content (AvgIpc) is 3.49. The van der Waals surface area contributed by atoms with E-state index in [4.69, 9.17) is 55.9 Å². The molecule has 0 bridgehead atoms. The summed E-state index contributed by atoms with van der Waals surface area (Å²) in [6.45, 7) is 3.23. The van der Waals surface area contributed by atoms with Gasteiger partial charge in [-0.1, -0.05) is 83.7 Å². The Hall–Kier alpha value is -3.15. The van der Waals surface area contributed by atoms with Crippen LogP contribution in [0.4, 0.5) is 5.00 Å². The summed E-state index contributed by atoms with van der Waals surface area (Å²) < 4.78 is 10.6. The Balaban J connectivity index is 1.39.